The zero-order valence-electron chi connectivity index (χ0n) is 13.9. The lowest BCUT2D eigenvalue weighted by molar-refractivity contribution is -0.114. The molecule has 1 heterocycles. The van der Waals surface area contributed by atoms with Crippen LogP contribution in [0.5, 0.6) is 0 Å². The van der Waals surface area contributed by atoms with E-state index in [0.717, 1.165) is 29.9 Å². The molecule has 1 fully saturated rings. The number of carbonyl (C=O) groups excluding carboxylic acids is 1. The monoisotopic (exact) mass is 368 g/mol. The van der Waals surface area contributed by atoms with Crippen LogP contribution < -0.4 is 10.6 Å². The lowest BCUT2D eigenvalue weighted by Gasteiger charge is -2.09. The standard InChI is InChI=1S/C18H17ClN6O/c19-13-2-1-3-15(10-13)21-17(26)11-20-14-6-4-12(5-7-14)18-22-23-24-25(18)16-8-9-16/h1-7,10,16,20H,8-9,11H2,(H,21,26). The Morgan fingerprint density at radius 1 is 1.15 bits per heavy atom. The molecule has 7 nitrogen and oxygen atoms in total. The summed E-state index contributed by atoms with van der Waals surface area (Å²) >= 11 is 5.91. The first-order valence-electron chi connectivity index (χ1n) is 8.36. The van der Waals surface area contributed by atoms with Gasteiger partial charge in [0.25, 0.3) is 0 Å². The molecule has 0 bridgehead atoms. The molecule has 0 spiro atoms. The number of carbonyl (C=O) groups is 1. The quantitative estimate of drug-likeness (QED) is 0.696. The summed E-state index contributed by atoms with van der Waals surface area (Å²) in [7, 11) is 0. The average molecular weight is 369 g/mol. The third kappa shape index (κ3) is 3.83. The van der Waals surface area contributed by atoms with Crippen LogP contribution in [-0.2, 0) is 4.79 Å². The maximum atomic E-state index is 12.0. The van der Waals surface area contributed by atoms with Gasteiger partial charge in [-0.25, -0.2) is 4.68 Å². The lowest BCUT2D eigenvalue weighted by atomic mass is 10.2. The molecule has 26 heavy (non-hydrogen) atoms. The number of rotatable bonds is 6. The van der Waals surface area contributed by atoms with Crippen molar-refractivity contribution in [2.45, 2.75) is 18.9 Å². The van der Waals surface area contributed by atoms with Gasteiger partial charge < -0.3 is 10.6 Å². The van der Waals surface area contributed by atoms with Gasteiger partial charge in [-0.1, -0.05) is 17.7 Å². The van der Waals surface area contributed by atoms with Gasteiger partial charge in [-0.2, -0.15) is 0 Å². The molecule has 3 aromatic rings. The Bertz CT molecular complexity index is 919. The van der Waals surface area contributed by atoms with Crippen molar-refractivity contribution < 1.29 is 4.79 Å². The average Bonchev–Trinajstić information content (AvgIpc) is 3.37. The van der Waals surface area contributed by atoms with Crippen LogP contribution in [0.4, 0.5) is 11.4 Å². The second-order valence-corrected chi connectivity index (χ2v) is 6.60. The van der Waals surface area contributed by atoms with E-state index in [9.17, 15) is 4.79 Å². The van der Waals surface area contributed by atoms with Crippen molar-refractivity contribution in [3.05, 3.63) is 53.6 Å². The van der Waals surface area contributed by atoms with Gasteiger partial charge in [0.2, 0.25) is 5.91 Å². The van der Waals surface area contributed by atoms with Gasteiger partial charge in [0, 0.05) is 22.0 Å². The van der Waals surface area contributed by atoms with Crippen LogP contribution in [0, 0.1) is 0 Å². The largest absolute Gasteiger partial charge is 0.376 e. The number of nitrogens with zero attached hydrogens (tertiary/aromatic N) is 4. The van der Waals surface area contributed by atoms with E-state index in [1.54, 1.807) is 24.3 Å². The highest BCUT2D eigenvalue weighted by Crippen LogP contribution is 2.36. The minimum absolute atomic E-state index is 0.144. The Labute approximate surface area is 155 Å². The van der Waals surface area contributed by atoms with E-state index in [-0.39, 0.29) is 12.5 Å². The molecule has 1 amide bonds. The molecule has 4 rings (SSSR count). The van der Waals surface area contributed by atoms with Gasteiger partial charge >= 0.3 is 0 Å². The highest BCUT2D eigenvalue weighted by molar-refractivity contribution is 6.30. The van der Waals surface area contributed by atoms with Crippen LogP contribution in [0.3, 0.4) is 0 Å². The minimum Gasteiger partial charge on any atom is -0.376 e. The van der Waals surface area contributed by atoms with Crippen molar-refractivity contribution in [2.75, 3.05) is 17.2 Å². The van der Waals surface area contributed by atoms with Gasteiger partial charge in [0.1, 0.15) is 0 Å². The molecule has 0 saturated heterocycles. The van der Waals surface area contributed by atoms with Crippen LogP contribution in [-0.4, -0.2) is 32.7 Å². The van der Waals surface area contributed by atoms with Gasteiger partial charge in [-0.05, 0) is 65.7 Å². The minimum atomic E-state index is -0.144. The summed E-state index contributed by atoms with van der Waals surface area (Å²) in [5.74, 6) is 0.631. The zero-order valence-corrected chi connectivity index (χ0v) is 14.6. The molecule has 1 aliphatic carbocycles. The van der Waals surface area contributed by atoms with E-state index in [2.05, 4.69) is 26.2 Å². The third-order valence-corrected chi connectivity index (χ3v) is 4.33. The number of halogens is 1. The fourth-order valence-electron chi connectivity index (χ4n) is 2.64. The summed E-state index contributed by atoms with van der Waals surface area (Å²) < 4.78 is 1.88. The summed E-state index contributed by atoms with van der Waals surface area (Å²) in [5, 5.41) is 18.4. The van der Waals surface area contributed by atoms with Crippen LogP contribution in [0.2, 0.25) is 5.02 Å². The number of benzene rings is 2. The molecule has 0 radical (unpaired) electrons. The first kappa shape index (κ1) is 16.5. The molecule has 8 heteroatoms. The molecule has 0 unspecified atom stereocenters. The number of hydrogen-bond acceptors (Lipinski definition) is 5. The first-order chi connectivity index (χ1) is 12.7. The SMILES string of the molecule is O=C(CNc1ccc(-c2nnnn2C2CC2)cc1)Nc1cccc(Cl)c1. The fourth-order valence-corrected chi connectivity index (χ4v) is 2.83. The second-order valence-electron chi connectivity index (χ2n) is 6.17. The topological polar surface area (TPSA) is 84.7 Å². The molecule has 1 aromatic heterocycles. The molecular weight excluding hydrogens is 352 g/mol. The predicted octanol–water partition coefficient (Wildman–Crippen LogP) is 3.38. The third-order valence-electron chi connectivity index (χ3n) is 4.09. The Morgan fingerprint density at radius 2 is 1.96 bits per heavy atom. The van der Waals surface area contributed by atoms with Crippen molar-refractivity contribution in [3.8, 4) is 11.4 Å². The molecule has 1 saturated carbocycles. The molecule has 132 valence electrons. The van der Waals surface area contributed by atoms with E-state index in [1.165, 1.54) is 0 Å². The second kappa shape index (κ2) is 7.13. The van der Waals surface area contributed by atoms with Crippen molar-refractivity contribution in [3.63, 3.8) is 0 Å². The number of hydrogen-bond donors (Lipinski definition) is 2. The van der Waals surface area contributed by atoms with Crippen molar-refractivity contribution in [2.24, 2.45) is 0 Å². The molecular formula is C18H17ClN6O. The summed E-state index contributed by atoms with van der Waals surface area (Å²) in [6.07, 6.45) is 2.25. The Morgan fingerprint density at radius 3 is 2.69 bits per heavy atom. The zero-order chi connectivity index (χ0) is 17.9. The number of nitrogens with one attached hydrogen (secondary N) is 2. The van der Waals surface area contributed by atoms with Gasteiger partial charge in [-0.3, -0.25) is 4.79 Å². The Hall–Kier alpha value is -2.93. The van der Waals surface area contributed by atoms with E-state index >= 15 is 0 Å². The maximum absolute atomic E-state index is 12.0. The number of amides is 1. The van der Waals surface area contributed by atoms with Crippen LogP contribution in [0.15, 0.2) is 48.5 Å². The normalized spacial score (nSPS) is 13.4. The lowest BCUT2D eigenvalue weighted by Crippen LogP contribution is -2.21. The van der Waals surface area contributed by atoms with E-state index < -0.39 is 0 Å². The molecule has 0 atom stereocenters. The summed E-state index contributed by atoms with van der Waals surface area (Å²) in [5.41, 5.74) is 2.47. The van der Waals surface area contributed by atoms with E-state index in [1.807, 2.05) is 28.9 Å². The van der Waals surface area contributed by atoms with Gasteiger partial charge in [0.15, 0.2) is 5.82 Å². The molecule has 2 aromatic carbocycles. The number of aromatic nitrogens is 4. The fraction of sp³-hybridized carbons (Fsp3) is 0.222. The van der Waals surface area contributed by atoms with Gasteiger partial charge in [0.05, 0.1) is 12.6 Å². The van der Waals surface area contributed by atoms with Crippen LogP contribution in [0.1, 0.15) is 18.9 Å². The Balaban J connectivity index is 1.35. The summed E-state index contributed by atoms with van der Waals surface area (Å²) in [6, 6.07) is 15.2. The first-order valence-corrected chi connectivity index (χ1v) is 8.74. The summed E-state index contributed by atoms with van der Waals surface area (Å²) in [6.45, 7) is 0.158. The Kier molecular flexibility index (Phi) is 4.53. The highest BCUT2D eigenvalue weighted by Gasteiger charge is 2.28. The number of tetrazole rings is 1. The van der Waals surface area contributed by atoms with Crippen LogP contribution >= 0.6 is 11.6 Å². The van der Waals surface area contributed by atoms with Gasteiger partial charge in [-0.15, -0.1) is 5.10 Å². The maximum Gasteiger partial charge on any atom is 0.243 e. The van der Waals surface area contributed by atoms with Crippen molar-refractivity contribution >= 4 is 28.9 Å². The van der Waals surface area contributed by atoms with Crippen LogP contribution in [0.25, 0.3) is 11.4 Å². The predicted molar refractivity (Wildman–Crippen MR) is 100 cm³/mol. The van der Waals surface area contributed by atoms with E-state index in [0.29, 0.717) is 16.8 Å². The smallest absolute Gasteiger partial charge is 0.243 e. The number of anilines is 2. The highest BCUT2D eigenvalue weighted by atomic mass is 35.5. The molecule has 0 aliphatic heterocycles. The molecule has 2 N–H and O–H groups in total. The summed E-state index contributed by atoms with van der Waals surface area (Å²) in [4.78, 5) is 12.0. The van der Waals surface area contributed by atoms with E-state index in [4.69, 9.17) is 11.6 Å². The molecule has 1 aliphatic rings. The van der Waals surface area contributed by atoms with Crippen molar-refractivity contribution in [1.82, 2.24) is 20.2 Å². The van der Waals surface area contributed by atoms with Crippen molar-refractivity contribution in [1.29, 1.82) is 0 Å².